The van der Waals surface area contributed by atoms with Crippen LogP contribution < -0.4 is 10.1 Å². The molecule has 3 rings (SSSR count). The Kier molecular flexibility index (Phi) is 6.45. The molecule has 1 heterocycles. The summed E-state index contributed by atoms with van der Waals surface area (Å²) in [5, 5.41) is 4.28. The number of rotatable bonds is 7. The normalized spacial score (nSPS) is 10.7. The van der Waals surface area contributed by atoms with Gasteiger partial charge in [-0.3, -0.25) is 4.98 Å². The van der Waals surface area contributed by atoms with Crippen LogP contribution in [0.2, 0.25) is 10.0 Å². The maximum absolute atomic E-state index is 13.9. The van der Waals surface area contributed by atoms with Gasteiger partial charge in [0, 0.05) is 41.6 Å². The van der Waals surface area contributed by atoms with Crippen LogP contribution in [0.3, 0.4) is 0 Å². The molecule has 1 aromatic heterocycles. The number of pyridine rings is 1. The van der Waals surface area contributed by atoms with Gasteiger partial charge < -0.3 is 10.1 Å². The predicted molar refractivity (Wildman–Crippen MR) is 102 cm³/mol. The minimum Gasteiger partial charge on any atom is -0.488 e. The lowest BCUT2D eigenvalue weighted by Gasteiger charge is -2.14. The van der Waals surface area contributed by atoms with Gasteiger partial charge in [-0.1, -0.05) is 35.3 Å². The number of benzene rings is 2. The zero-order chi connectivity index (χ0) is 18.4. The summed E-state index contributed by atoms with van der Waals surface area (Å²) in [5.74, 6) is 0.245. The highest BCUT2D eigenvalue weighted by Crippen LogP contribution is 2.26. The molecule has 0 bridgehead atoms. The van der Waals surface area contributed by atoms with Gasteiger partial charge in [-0.2, -0.15) is 0 Å². The van der Waals surface area contributed by atoms with E-state index in [9.17, 15) is 4.39 Å². The lowest BCUT2D eigenvalue weighted by atomic mass is 10.2. The third-order valence-corrected chi connectivity index (χ3v) is 4.41. The first-order valence-electron chi connectivity index (χ1n) is 8.07. The van der Waals surface area contributed by atoms with Crippen molar-refractivity contribution in [2.75, 3.05) is 0 Å². The second-order valence-electron chi connectivity index (χ2n) is 5.71. The largest absolute Gasteiger partial charge is 0.488 e. The van der Waals surface area contributed by atoms with E-state index >= 15 is 0 Å². The standard InChI is InChI=1S/C20H17Cl2FN2O/c21-16-6-7-20(26-13-17-18(22)4-1-5-19(17)23)15(9-16)12-25-11-14-3-2-8-24-10-14/h1-10,25H,11-13H2. The van der Waals surface area contributed by atoms with E-state index in [0.29, 0.717) is 34.4 Å². The van der Waals surface area contributed by atoms with Gasteiger partial charge in [0.15, 0.2) is 0 Å². The van der Waals surface area contributed by atoms with E-state index in [0.717, 1.165) is 11.1 Å². The molecular formula is C20H17Cl2FN2O. The van der Waals surface area contributed by atoms with E-state index in [1.165, 1.54) is 6.07 Å². The van der Waals surface area contributed by atoms with Crippen molar-refractivity contribution < 1.29 is 9.13 Å². The smallest absolute Gasteiger partial charge is 0.131 e. The number of aromatic nitrogens is 1. The third kappa shape index (κ3) is 4.94. The fourth-order valence-corrected chi connectivity index (χ4v) is 2.90. The van der Waals surface area contributed by atoms with Gasteiger partial charge in [0.05, 0.1) is 5.02 Å². The maximum atomic E-state index is 13.9. The van der Waals surface area contributed by atoms with E-state index in [2.05, 4.69) is 10.3 Å². The Bertz CT molecular complexity index is 855. The SMILES string of the molecule is Fc1cccc(Cl)c1COc1ccc(Cl)cc1CNCc1cccnc1. The summed E-state index contributed by atoms with van der Waals surface area (Å²) in [6.07, 6.45) is 3.54. The zero-order valence-electron chi connectivity index (χ0n) is 13.9. The van der Waals surface area contributed by atoms with Crippen LogP contribution in [0.5, 0.6) is 5.75 Å². The topological polar surface area (TPSA) is 34.1 Å². The van der Waals surface area contributed by atoms with Crippen LogP contribution in [0.25, 0.3) is 0 Å². The summed E-state index contributed by atoms with van der Waals surface area (Å²) in [4.78, 5) is 4.09. The number of hydrogen-bond donors (Lipinski definition) is 1. The molecule has 0 amide bonds. The van der Waals surface area contributed by atoms with E-state index in [1.54, 1.807) is 30.5 Å². The minimum absolute atomic E-state index is 0.0444. The lowest BCUT2D eigenvalue weighted by molar-refractivity contribution is 0.296. The van der Waals surface area contributed by atoms with Crippen molar-refractivity contribution in [3.63, 3.8) is 0 Å². The quantitative estimate of drug-likeness (QED) is 0.586. The molecule has 0 fully saturated rings. The highest BCUT2D eigenvalue weighted by atomic mass is 35.5. The summed E-state index contributed by atoms with van der Waals surface area (Å²) in [6, 6.07) is 13.8. The summed E-state index contributed by atoms with van der Waals surface area (Å²) in [7, 11) is 0. The van der Waals surface area contributed by atoms with Crippen LogP contribution in [-0.2, 0) is 19.7 Å². The van der Waals surface area contributed by atoms with Crippen molar-refractivity contribution in [2.45, 2.75) is 19.7 Å². The molecule has 0 aliphatic carbocycles. The van der Waals surface area contributed by atoms with Crippen molar-refractivity contribution in [3.05, 3.63) is 93.5 Å². The van der Waals surface area contributed by atoms with Crippen LogP contribution in [0.1, 0.15) is 16.7 Å². The van der Waals surface area contributed by atoms with Crippen LogP contribution >= 0.6 is 23.2 Å². The van der Waals surface area contributed by atoms with Gasteiger partial charge in [0.1, 0.15) is 18.2 Å². The Morgan fingerprint density at radius 2 is 1.92 bits per heavy atom. The fourth-order valence-electron chi connectivity index (χ4n) is 2.49. The maximum Gasteiger partial charge on any atom is 0.131 e. The van der Waals surface area contributed by atoms with Gasteiger partial charge in [-0.05, 0) is 42.0 Å². The zero-order valence-corrected chi connectivity index (χ0v) is 15.4. The summed E-state index contributed by atoms with van der Waals surface area (Å²) in [5.41, 5.74) is 2.29. The predicted octanol–water partition coefficient (Wildman–Crippen LogP) is 5.40. The van der Waals surface area contributed by atoms with Crippen molar-refractivity contribution in [2.24, 2.45) is 0 Å². The Morgan fingerprint density at radius 3 is 2.69 bits per heavy atom. The summed E-state index contributed by atoms with van der Waals surface area (Å²) in [6.45, 7) is 1.26. The molecule has 134 valence electrons. The first-order chi connectivity index (χ1) is 12.6. The molecule has 0 radical (unpaired) electrons. The van der Waals surface area contributed by atoms with Gasteiger partial charge >= 0.3 is 0 Å². The highest BCUT2D eigenvalue weighted by Gasteiger charge is 2.10. The van der Waals surface area contributed by atoms with Crippen LogP contribution in [0.15, 0.2) is 60.9 Å². The second kappa shape index (κ2) is 8.99. The average molecular weight is 391 g/mol. The van der Waals surface area contributed by atoms with Crippen molar-refractivity contribution >= 4 is 23.2 Å². The Hall–Kier alpha value is -2.14. The van der Waals surface area contributed by atoms with Crippen LogP contribution in [-0.4, -0.2) is 4.98 Å². The molecule has 0 aliphatic heterocycles. The Balaban J connectivity index is 1.67. The number of nitrogens with one attached hydrogen (secondary N) is 1. The number of nitrogens with zero attached hydrogens (tertiary/aromatic N) is 1. The molecule has 0 unspecified atom stereocenters. The second-order valence-corrected chi connectivity index (χ2v) is 6.55. The minimum atomic E-state index is -0.386. The van der Waals surface area contributed by atoms with Crippen molar-refractivity contribution in [1.82, 2.24) is 10.3 Å². The molecule has 6 heteroatoms. The first kappa shape index (κ1) is 18.6. The molecule has 3 aromatic rings. The Morgan fingerprint density at radius 1 is 1.04 bits per heavy atom. The van der Waals surface area contributed by atoms with E-state index < -0.39 is 0 Å². The van der Waals surface area contributed by atoms with Gasteiger partial charge in [0.25, 0.3) is 0 Å². The number of ether oxygens (including phenoxy) is 1. The number of halogens is 3. The summed E-state index contributed by atoms with van der Waals surface area (Å²) >= 11 is 12.2. The van der Waals surface area contributed by atoms with Gasteiger partial charge in [-0.15, -0.1) is 0 Å². The molecule has 0 atom stereocenters. The molecule has 1 N–H and O–H groups in total. The molecule has 3 nitrogen and oxygen atoms in total. The molecule has 0 aliphatic rings. The molecule has 26 heavy (non-hydrogen) atoms. The van der Waals surface area contributed by atoms with Gasteiger partial charge in [0.2, 0.25) is 0 Å². The van der Waals surface area contributed by atoms with Crippen LogP contribution in [0, 0.1) is 5.82 Å². The molecule has 2 aromatic carbocycles. The summed E-state index contributed by atoms with van der Waals surface area (Å²) < 4.78 is 19.7. The average Bonchev–Trinajstić information content (AvgIpc) is 2.64. The van der Waals surface area contributed by atoms with Crippen LogP contribution in [0.4, 0.5) is 4.39 Å². The molecule has 0 spiro atoms. The Labute approximate surface area is 161 Å². The fraction of sp³-hybridized carbons (Fsp3) is 0.150. The van der Waals surface area contributed by atoms with Crippen molar-refractivity contribution in [1.29, 1.82) is 0 Å². The molecule has 0 saturated heterocycles. The molecular weight excluding hydrogens is 374 g/mol. The monoisotopic (exact) mass is 390 g/mol. The lowest BCUT2D eigenvalue weighted by Crippen LogP contribution is -2.14. The van der Waals surface area contributed by atoms with Gasteiger partial charge in [-0.25, -0.2) is 4.39 Å². The molecule has 0 saturated carbocycles. The van der Waals surface area contributed by atoms with E-state index in [4.69, 9.17) is 27.9 Å². The van der Waals surface area contributed by atoms with E-state index in [1.807, 2.05) is 24.4 Å². The third-order valence-electron chi connectivity index (χ3n) is 3.82. The van der Waals surface area contributed by atoms with E-state index in [-0.39, 0.29) is 12.4 Å². The first-order valence-corrected chi connectivity index (χ1v) is 8.83. The number of hydrogen-bond acceptors (Lipinski definition) is 3. The van der Waals surface area contributed by atoms with Crippen molar-refractivity contribution in [3.8, 4) is 5.75 Å². The highest BCUT2D eigenvalue weighted by molar-refractivity contribution is 6.31.